The molecule has 2 bridgehead atoms. The molecule has 1 aromatic rings. The summed E-state index contributed by atoms with van der Waals surface area (Å²) >= 11 is 0. The first-order chi connectivity index (χ1) is 10.1. The van der Waals surface area contributed by atoms with Crippen LogP contribution in [-0.2, 0) is 16.1 Å². The highest BCUT2D eigenvalue weighted by Crippen LogP contribution is 2.53. The van der Waals surface area contributed by atoms with Crippen molar-refractivity contribution in [3.63, 3.8) is 0 Å². The molecule has 3 atom stereocenters. The summed E-state index contributed by atoms with van der Waals surface area (Å²) < 4.78 is 12.9. The first-order valence-corrected chi connectivity index (χ1v) is 8.47. The second kappa shape index (κ2) is 5.73. The van der Waals surface area contributed by atoms with E-state index in [0.29, 0.717) is 12.5 Å². The first-order valence-electron chi connectivity index (χ1n) is 8.47. The van der Waals surface area contributed by atoms with Gasteiger partial charge in [0.15, 0.2) is 0 Å². The Hall–Kier alpha value is -0.860. The SMILES string of the molecule is CCC1(CC)OC2(C)CCC1CC2OCc1ccccc1. The summed E-state index contributed by atoms with van der Waals surface area (Å²) in [7, 11) is 0. The van der Waals surface area contributed by atoms with E-state index in [1.54, 1.807) is 0 Å². The van der Waals surface area contributed by atoms with Crippen molar-refractivity contribution in [1.82, 2.24) is 0 Å². The van der Waals surface area contributed by atoms with Gasteiger partial charge in [0.2, 0.25) is 0 Å². The van der Waals surface area contributed by atoms with Crippen LogP contribution in [0.3, 0.4) is 0 Å². The Bertz CT molecular complexity index is 466. The lowest BCUT2D eigenvalue weighted by atomic mass is 9.64. The van der Waals surface area contributed by atoms with Crippen molar-refractivity contribution in [2.24, 2.45) is 5.92 Å². The van der Waals surface area contributed by atoms with Gasteiger partial charge in [0.1, 0.15) is 0 Å². The molecule has 2 aliphatic heterocycles. The average molecular weight is 288 g/mol. The molecule has 0 amide bonds. The highest BCUT2D eigenvalue weighted by atomic mass is 16.6. The Morgan fingerprint density at radius 2 is 1.90 bits per heavy atom. The Morgan fingerprint density at radius 1 is 1.19 bits per heavy atom. The van der Waals surface area contributed by atoms with E-state index in [-0.39, 0.29) is 17.3 Å². The molecule has 2 saturated heterocycles. The molecule has 4 rings (SSSR count). The normalized spacial score (nSPS) is 34.0. The number of ether oxygens (including phenoxy) is 2. The zero-order chi connectivity index (χ0) is 14.9. The average Bonchev–Trinajstić information content (AvgIpc) is 2.53. The van der Waals surface area contributed by atoms with Gasteiger partial charge in [-0.1, -0.05) is 44.2 Å². The van der Waals surface area contributed by atoms with E-state index in [4.69, 9.17) is 9.47 Å². The van der Waals surface area contributed by atoms with Crippen LogP contribution in [-0.4, -0.2) is 17.3 Å². The summed E-state index contributed by atoms with van der Waals surface area (Å²) in [5, 5.41) is 0. The molecule has 0 radical (unpaired) electrons. The molecule has 1 aromatic carbocycles. The molecule has 3 fully saturated rings. The molecular weight excluding hydrogens is 260 g/mol. The predicted molar refractivity (Wildman–Crippen MR) is 85.2 cm³/mol. The summed E-state index contributed by atoms with van der Waals surface area (Å²) in [6, 6.07) is 10.5. The fourth-order valence-electron chi connectivity index (χ4n) is 4.38. The van der Waals surface area contributed by atoms with Gasteiger partial charge < -0.3 is 9.47 Å². The number of rotatable bonds is 5. The molecule has 3 unspecified atom stereocenters. The zero-order valence-corrected chi connectivity index (χ0v) is 13.6. The van der Waals surface area contributed by atoms with Crippen LogP contribution in [0.25, 0.3) is 0 Å². The van der Waals surface area contributed by atoms with Crippen molar-refractivity contribution in [2.75, 3.05) is 0 Å². The number of hydrogen-bond donors (Lipinski definition) is 0. The quantitative estimate of drug-likeness (QED) is 0.780. The van der Waals surface area contributed by atoms with Crippen molar-refractivity contribution >= 4 is 0 Å². The molecule has 1 aliphatic carbocycles. The van der Waals surface area contributed by atoms with Gasteiger partial charge in [-0.2, -0.15) is 0 Å². The zero-order valence-electron chi connectivity index (χ0n) is 13.6. The highest BCUT2D eigenvalue weighted by Gasteiger charge is 2.56. The van der Waals surface area contributed by atoms with E-state index < -0.39 is 0 Å². The summed E-state index contributed by atoms with van der Waals surface area (Å²) in [5.41, 5.74) is 1.25. The molecule has 0 N–H and O–H groups in total. The van der Waals surface area contributed by atoms with Crippen LogP contribution in [0, 0.1) is 5.92 Å². The van der Waals surface area contributed by atoms with Crippen LogP contribution >= 0.6 is 0 Å². The van der Waals surface area contributed by atoms with Gasteiger partial charge in [0.25, 0.3) is 0 Å². The van der Waals surface area contributed by atoms with Crippen LogP contribution in [0.15, 0.2) is 30.3 Å². The molecule has 21 heavy (non-hydrogen) atoms. The lowest BCUT2D eigenvalue weighted by molar-refractivity contribution is -0.298. The van der Waals surface area contributed by atoms with Crippen LogP contribution in [0.2, 0.25) is 0 Å². The van der Waals surface area contributed by atoms with E-state index in [1.807, 2.05) is 6.07 Å². The predicted octanol–water partition coefficient (Wildman–Crippen LogP) is 4.72. The lowest BCUT2D eigenvalue weighted by Gasteiger charge is -2.59. The molecule has 0 aromatic heterocycles. The van der Waals surface area contributed by atoms with Crippen LogP contribution in [0.4, 0.5) is 0 Å². The van der Waals surface area contributed by atoms with Gasteiger partial charge in [-0.3, -0.25) is 0 Å². The molecule has 1 saturated carbocycles. The van der Waals surface area contributed by atoms with E-state index >= 15 is 0 Å². The van der Waals surface area contributed by atoms with Crippen LogP contribution in [0.1, 0.15) is 58.4 Å². The van der Waals surface area contributed by atoms with E-state index in [9.17, 15) is 0 Å². The lowest BCUT2D eigenvalue weighted by Crippen LogP contribution is -2.63. The summed E-state index contributed by atoms with van der Waals surface area (Å²) in [4.78, 5) is 0. The van der Waals surface area contributed by atoms with Crippen LogP contribution in [0.5, 0.6) is 0 Å². The van der Waals surface area contributed by atoms with E-state index in [0.717, 1.165) is 25.7 Å². The van der Waals surface area contributed by atoms with Gasteiger partial charge >= 0.3 is 0 Å². The van der Waals surface area contributed by atoms with Crippen molar-refractivity contribution in [1.29, 1.82) is 0 Å². The maximum absolute atomic E-state index is 6.63. The number of benzene rings is 1. The largest absolute Gasteiger partial charge is 0.371 e. The fraction of sp³-hybridized carbons (Fsp3) is 0.684. The summed E-state index contributed by atoms with van der Waals surface area (Å²) in [5.74, 6) is 0.662. The van der Waals surface area contributed by atoms with E-state index in [2.05, 4.69) is 45.0 Å². The fourth-order valence-corrected chi connectivity index (χ4v) is 4.38. The minimum atomic E-state index is -0.102. The maximum atomic E-state index is 6.63. The summed E-state index contributed by atoms with van der Waals surface area (Å²) in [6.45, 7) is 7.50. The Morgan fingerprint density at radius 3 is 2.52 bits per heavy atom. The topological polar surface area (TPSA) is 18.5 Å². The smallest absolute Gasteiger partial charge is 0.0923 e. The van der Waals surface area contributed by atoms with Gasteiger partial charge in [-0.25, -0.2) is 0 Å². The maximum Gasteiger partial charge on any atom is 0.0923 e. The Kier molecular flexibility index (Phi) is 4.11. The molecule has 2 heterocycles. The molecule has 2 heteroatoms. The van der Waals surface area contributed by atoms with Crippen molar-refractivity contribution in [3.05, 3.63) is 35.9 Å². The van der Waals surface area contributed by atoms with Crippen molar-refractivity contribution < 1.29 is 9.47 Å². The molecular formula is C19H28O2. The first kappa shape index (κ1) is 15.1. The minimum Gasteiger partial charge on any atom is -0.371 e. The van der Waals surface area contributed by atoms with Crippen molar-refractivity contribution in [3.8, 4) is 0 Å². The standard InChI is InChI=1S/C19H28O2/c1-4-19(5-2)16-11-12-18(3,21-19)17(13-16)20-14-15-9-7-6-8-10-15/h6-10,16-17H,4-5,11-14H2,1-3H3. The van der Waals surface area contributed by atoms with Crippen LogP contribution < -0.4 is 0 Å². The molecule has 116 valence electrons. The third-order valence-electron chi connectivity index (χ3n) is 5.84. The third kappa shape index (κ3) is 2.64. The molecule has 2 nitrogen and oxygen atoms in total. The monoisotopic (exact) mass is 288 g/mol. The van der Waals surface area contributed by atoms with Gasteiger partial charge in [0.05, 0.1) is 23.9 Å². The Balaban J connectivity index is 1.69. The summed E-state index contributed by atoms with van der Waals surface area (Å²) in [6.07, 6.45) is 6.07. The van der Waals surface area contributed by atoms with E-state index in [1.165, 1.54) is 12.0 Å². The van der Waals surface area contributed by atoms with Gasteiger partial charge in [-0.05, 0) is 50.5 Å². The van der Waals surface area contributed by atoms with Gasteiger partial charge in [0, 0.05) is 0 Å². The molecule has 3 aliphatic rings. The third-order valence-corrected chi connectivity index (χ3v) is 5.84. The Labute approximate surface area is 128 Å². The number of hydrogen-bond acceptors (Lipinski definition) is 2. The van der Waals surface area contributed by atoms with Gasteiger partial charge in [-0.15, -0.1) is 0 Å². The minimum absolute atomic E-state index is 0.0968. The number of fused-ring (bicyclic) bond motifs is 3. The highest BCUT2D eigenvalue weighted by molar-refractivity contribution is 5.14. The second-order valence-electron chi connectivity index (χ2n) is 6.94. The molecule has 0 spiro atoms. The van der Waals surface area contributed by atoms with Crippen molar-refractivity contribution in [2.45, 2.75) is 76.8 Å². The second-order valence-corrected chi connectivity index (χ2v) is 6.94.